The van der Waals surface area contributed by atoms with Crippen LogP contribution in [0.5, 0.6) is 0 Å². The molecule has 5 heteroatoms. The largest absolute Gasteiger partial charge is 0.294 e. The first-order chi connectivity index (χ1) is 8.29. The molecule has 1 aliphatic heterocycles. The molecule has 1 aromatic carbocycles. The summed E-state index contributed by atoms with van der Waals surface area (Å²) in [4.78, 5) is 12.1. The molecule has 2 aromatic rings. The van der Waals surface area contributed by atoms with Crippen LogP contribution in [0.3, 0.4) is 0 Å². The first kappa shape index (κ1) is 10.2. The van der Waals surface area contributed by atoms with E-state index in [9.17, 15) is 4.79 Å². The van der Waals surface area contributed by atoms with Gasteiger partial charge >= 0.3 is 0 Å². The quantitative estimate of drug-likeness (QED) is 0.830. The van der Waals surface area contributed by atoms with Crippen molar-refractivity contribution in [3.63, 3.8) is 0 Å². The maximum atomic E-state index is 12.1. The minimum Gasteiger partial charge on any atom is -0.294 e. The van der Waals surface area contributed by atoms with Crippen LogP contribution in [0, 0.1) is 11.3 Å². The van der Waals surface area contributed by atoms with Crippen molar-refractivity contribution in [3.05, 3.63) is 51.4 Å². The van der Waals surface area contributed by atoms with E-state index in [2.05, 4.69) is 11.2 Å². The third-order valence-corrected chi connectivity index (χ3v) is 3.81. The van der Waals surface area contributed by atoms with E-state index in [-0.39, 0.29) is 5.56 Å². The number of nitriles is 1. The fraction of sp³-hybridized carbons (Fsp3) is 0.167. The van der Waals surface area contributed by atoms with Crippen molar-refractivity contribution >= 4 is 11.8 Å². The summed E-state index contributed by atoms with van der Waals surface area (Å²) in [7, 11) is 0. The number of nitrogens with zero attached hydrogens (tertiary/aromatic N) is 2. The molecule has 0 spiro atoms. The van der Waals surface area contributed by atoms with Gasteiger partial charge in [0.1, 0.15) is 0 Å². The molecule has 17 heavy (non-hydrogen) atoms. The Kier molecular flexibility index (Phi) is 2.30. The van der Waals surface area contributed by atoms with Crippen LogP contribution in [0.4, 0.5) is 0 Å². The number of H-pyrrole nitrogens is 1. The van der Waals surface area contributed by atoms with Crippen molar-refractivity contribution in [3.8, 4) is 11.8 Å². The third kappa shape index (κ3) is 1.58. The van der Waals surface area contributed by atoms with Gasteiger partial charge in [0.15, 0.2) is 0 Å². The monoisotopic (exact) mass is 243 g/mol. The molecule has 0 saturated carbocycles. The van der Waals surface area contributed by atoms with Crippen molar-refractivity contribution in [2.45, 2.75) is 11.5 Å². The van der Waals surface area contributed by atoms with Gasteiger partial charge in [-0.15, -0.1) is 0 Å². The lowest BCUT2D eigenvalue weighted by Gasteiger charge is -2.01. The lowest BCUT2D eigenvalue weighted by molar-refractivity contribution is 0.831. The fourth-order valence-corrected chi connectivity index (χ4v) is 2.95. The Morgan fingerprint density at radius 2 is 2.06 bits per heavy atom. The predicted molar refractivity (Wildman–Crippen MR) is 66.1 cm³/mol. The van der Waals surface area contributed by atoms with Gasteiger partial charge in [-0.2, -0.15) is 17.0 Å². The van der Waals surface area contributed by atoms with Gasteiger partial charge in [-0.05, 0) is 24.3 Å². The Morgan fingerprint density at radius 1 is 1.29 bits per heavy atom. The van der Waals surface area contributed by atoms with Gasteiger partial charge in [-0.1, -0.05) is 0 Å². The van der Waals surface area contributed by atoms with E-state index in [1.54, 1.807) is 40.7 Å². The van der Waals surface area contributed by atoms with E-state index >= 15 is 0 Å². The molecule has 0 unspecified atom stereocenters. The Morgan fingerprint density at radius 3 is 2.71 bits per heavy atom. The van der Waals surface area contributed by atoms with E-state index < -0.39 is 0 Å². The van der Waals surface area contributed by atoms with E-state index in [1.807, 2.05) is 0 Å². The predicted octanol–water partition coefficient (Wildman–Crippen LogP) is 1.78. The fourth-order valence-electron chi connectivity index (χ4n) is 1.91. The van der Waals surface area contributed by atoms with Crippen LogP contribution < -0.4 is 5.56 Å². The molecule has 0 atom stereocenters. The number of aromatic nitrogens is 2. The molecule has 0 bridgehead atoms. The van der Waals surface area contributed by atoms with Crippen molar-refractivity contribution < 1.29 is 0 Å². The lowest BCUT2D eigenvalue weighted by atomic mass is 10.2. The van der Waals surface area contributed by atoms with E-state index in [0.717, 1.165) is 28.5 Å². The maximum Gasteiger partial charge on any atom is 0.275 e. The van der Waals surface area contributed by atoms with Gasteiger partial charge in [0.05, 0.1) is 28.6 Å². The molecule has 0 aliphatic carbocycles. The number of benzene rings is 1. The van der Waals surface area contributed by atoms with Crippen LogP contribution in [0.1, 0.15) is 16.8 Å². The molecule has 84 valence electrons. The average molecular weight is 243 g/mol. The van der Waals surface area contributed by atoms with E-state index in [4.69, 9.17) is 5.26 Å². The molecule has 1 aliphatic rings. The molecular weight excluding hydrogens is 234 g/mol. The molecule has 1 aromatic heterocycles. The Hall–Kier alpha value is -1.93. The van der Waals surface area contributed by atoms with Crippen LogP contribution in [0.2, 0.25) is 0 Å². The smallest absolute Gasteiger partial charge is 0.275 e. The summed E-state index contributed by atoms with van der Waals surface area (Å²) in [5.74, 6) is 1.65. The lowest BCUT2D eigenvalue weighted by Crippen LogP contribution is -2.16. The number of rotatable bonds is 1. The molecule has 3 rings (SSSR count). The molecule has 2 heterocycles. The second kappa shape index (κ2) is 3.82. The minimum atomic E-state index is 0.0229. The van der Waals surface area contributed by atoms with Crippen LogP contribution in [0.25, 0.3) is 5.69 Å². The highest BCUT2D eigenvalue weighted by molar-refractivity contribution is 7.98. The van der Waals surface area contributed by atoms with Gasteiger partial charge in [0.25, 0.3) is 5.56 Å². The molecule has 0 saturated heterocycles. The van der Waals surface area contributed by atoms with Crippen LogP contribution in [-0.2, 0) is 11.5 Å². The third-order valence-electron chi connectivity index (χ3n) is 2.82. The Bertz CT molecular complexity index is 661. The first-order valence-corrected chi connectivity index (χ1v) is 6.36. The summed E-state index contributed by atoms with van der Waals surface area (Å²) in [5.41, 5.74) is 3.28. The zero-order valence-electron chi connectivity index (χ0n) is 8.93. The number of nitrogens with one attached hydrogen (secondary N) is 1. The van der Waals surface area contributed by atoms with Crippen LogP contribution >= 0.6 is 11.8 Å². The summed E-state index contributed by atoms with van der Waals surface area (Å²) in [5, 5.41) is 11.8. The number of fused-ring (bicyclic) bond motifs is 1. The summed E-state index contributed by atoms with van der Waals surface area (Å²) in [6.45, 7) is 0. The van der Waals surface area contributed by atoms with Crippen molar-refractivity contribution in [1.82, 2.24) is 9.78 Å². The van der Waals surface area contributed by atoms with Crippen molar-refractivity contribution in [2.24, 2.45) is 0 Å². The highest BCUT2D eigenvalue weighted by atomic mass is 32.2. The first-order valence-electron chi connectivity index (χ1n) is 5.20. The summed E-state index contributed by atoms with van der Waals surface area (Å²) in [6, 6.07) is 9.03. The standard InChI is InChI=1S/C12H9N3OS/c13-5-8-1-3-9(4-2-8)15-12(16)10-6-17-7-11(10)14-15/h1-4,14H,6-7H2. The van der Waals surface area contributed by atoms with Gasteiger partial charge < -0.3 is 0 Å². The van der Waals surface area contributed by atoms with Gasteiger partial charge in [0.2, 0.25) is 0 Å². The zero-order valence-corrected chi connectivity index (χ0v) is 9.75. The van der Waals surface area contributed by atoms with Crippen molar-refractivity contribution in [1.29, 1.82) is 5.26 Å². The molecule has 1 N–H and O–H groups in total. The van der Waals surface area contributed by atoms with Gasteiger partial charge in [-0.25, -0.2) is 4.68 Å². The number of aromatic amines is 1. The number of hydrogen-bond donors (Lipinski definition) is 1. The highest BCUT2D eigenvalue weighted by Crippen LogP contribution is 2.26. The molecule has 0 radical (unpaired) electrons. The molecule has 0 amide bonds. The second-order valence-corrected chi connectivity index (χ2v) is 4.85. The Balaban J connectivity index is 2.10. The minimum absolute atomic E-state index is 0.0229. The molecule has 4 nitrogen and oxygen atoms in total. The summed E-state index contributed by atoms with van der Waals surface area (Å²) < 4.78 is 1.55. The maximum absolute atomic E-state index is 12.1. The number of thioether (sulfide) groups is 1. The molecular formula is C12H9N3OS. The summed E-state index contributed by atoms with van der Waals surface area (Å²) in [6.07, 6.45) is 0. The zero-order chi connectivity index (χ0) is 11.8. The number of hydrogen-bond acceptors (Lipinski definition) is 3. The van der Waals surface area contributed by atoms with E-state index in [0.29, 0.717) is 5.56 Å². The van der Waals surface area contributed by atoms with Gasteiger partial charge in [-0.3, -0.25) is 9.89 Å². The second-order valence-electron chi connectivity index (χ2n) is 3.86. The van der Waals surface area contributed by atoms with Crippen molar-refractivity contribution in [2.75, 3.05) is 0 Å². The highest BCUT2D eigenvalue weighted by Gasteiger charge is 2.19. The summed E-state index contributed by atoms with van der Waals surface area (Å²) >= 11 is 1.75. The topological polar surface area (TPSA) is 61.6 Å². The van der Waals surface area contributed by atoms with Crippen LogP contribution in [-0.4, -0.2) is 9.78 Å². The van der Waals surface area contributed by atoms with Crippen LogP contribution in [0.15, 0.2) is 29.1 Å². The van der Waals surface area contributed by atoms with E-state index in [1.165, 1.54) is 0 Å². The van der Waals surface area contributed by atoms with Gasteiger partial charge in [0, 0.05) is 11.5 Å². The average Bonchev–Trinajstić information content (AvgIpc) is 2.93. The Labute approximate surface area is 102 Å². The molecule has 0 fully saturated rings. The normalized spacial score (nSPS) is 13.4. The SMILES string of the molecule is N#Cc1ccc(-n2[nH]c3c(c2=O)CSC3)cc1.